The van der Waals surface area contributed by atoms with Crippen LogP contribution in [0.3, 0.4) is 0 Å². The topological polar surface area (TPSA) is 84.5 Å². The molecular formula is C21H23ClN2O4. The Morgan fingerprint density at radius 2 is 1.54 bits per heavy atom. The molecule has 1 atom stereocenters. The largest absolute Gasteiger partial charge is 0.465 e. The molecule has 2 aromatic rings. The van der Waals surface area contributed by atoms with Crippen molar-refractivity contribution in [1.29, 1.82) is 0 Å². The summed E-state index contributed by atoms with van der Waals surface area (Å²) in [4.78, 5) is 36.7. The zero-order valence-electron chi connectivity index (χ0n) is 16.0. The van der Waals surface area contributed by atoms with Crippen LogP contribution in [0.5, 0.6) is 0 Å². The molecule has 2 amide bonds. The van der Waals surface area contributed by atoms with Crippen LogP contribution in [-0.4, -0.2) is 30.9 Å². The summed E-state index contributed by atoms with van der Waals surface area (Å²) in [6, 6.07) is 12.1. The highest BCUT2D eigenvalue weighted by Crippen LogP contribution is 2.14. The molecule has 0 aliphatic heterocycles. The summed E-state index contributed by atoms with van der Waals surface area (Å²) >= 11 is 5.85. The number of amides is 2. The quantitative estimate of drug-likeness (QED) is 0.687. The lowest BCUT2D eigenvalue weighted by Gasteiger charge is -2.20. The van der Waals surface area contributed by atoms with E-state index in [1.165, 1.54) is 7.11 Å². The fraction of sp³-hybridized carbons (Fsp3) is 0.286. The number of nitrogens with one attached hydrogen (secondary N) is 2. The van der Waals surface area contributed by atoms with Crippen LogP contribution in [0.25, 0.3) is 0 Å². The molecule has 6 nitrogen and oxygen atoms in total. The predicted octanol–water partition coefficient (Wildman–Crippen LogP) is 3.91. The molecular weight excluding hydrogens is 380 g/mol. The van der Waals surface area contributed by atoms with Gasteiger partial charge < -0.3 is 15.4 Å². The van der Waals surface area contributed by atoms with Crippen LogP contribution in [0, 0.1) is 5.92 Å². The van der Waals surface area contributed by atoms with Crippen molar-refractivity contribution in [3.05, 3.63) is 64.7 Å². The van der Waals surface area contributed by atoms with Crippen LogP contribution in [0.15, 0.2) is 48.5 Å². The molecule has 0 aromatic heterocycles. The van der Waals surface area contributed by atoms with Crippen molar-refractivity contribution in [3.8, 4) is 0 Å². The monoisotopic (exact) mass is 402 g/mol. The van der Waals surface area contributed by atoms with Gasteiger partial charge in [-0.1, -0.05) is 25.4 Å². The van der Waals surface area contributed by atoms with Gasteiger partial charge in [0, 0.05) is 16.3 Å². The van der Waals surface area contributed by atoms with E-state index in [1.807, 2.05) is 13.8 Å². The molecule has 0 saturated carbocycles. The zero-order chi connectivity index (χ0) is 20.7. The summed E-state index contributed by atoms with van der Waals surface area (Å²) < 4.78 is 4.65. The molecule has 0 aliphatic rings. The third-order valence-corrected chi connectivity index (χ3v) is 4.26. The molecule has 7 heteroatoms. The summed E-state index contributed by atoms with van der Waals surface area (Å²) in [6.07, 6.45) is 0.478. The molecule has 1 unspecified atom stereocenters. The molecule has 148 valence electrons. The number of halogens is 1. The molecule has 0 bridgehead atoms. The van der Waals surface area contributed by atoms with Gasteiger partial charge in [-0.05, 0) is 60.9 Å². The predicted molar refractivity (Wildman–Crippen MR) is 109 cm³/mol. The van der Waals surface area contributed by atoms with Crippen molar-refractivity contribution in [2.24, 2.45) is 5.92 Å². The summed E-state index contributed by atoms with van der Waals surface area (Å²) in [5.74, 6) is -0.936. The number of benzene rings is 2. The Kier molecular flexibility index (Phi) is 7.58. The van der Waals surface area contributed by atoms with E-state index in [2.05, 4.69) is 15.4 Å². The Balaban J connectivity index is 2.08. The maximum absolute atomic E-state index is 12.7. The Morgan fingerprint density at radius 3 is 2.07 bits per heavy atom. The van der Waals surface area contributed by atoms with Crippen LogP contribution in [-0.2, 0) is 9.53 Å². The smallest absolute Gasteiger partial charge is 0.337 e. The summed E-state index contributed by atoms with van der Waals surface area (Å²) in [6.45, 7) is 3.94. The zero-order valence-corrected chi connectivity index (χ0v) is 16.7. The third-order valence-electron chi connectivity index (χ3n) is 4.01. The molecule has 0 fully saturated rings. The first-order valence-corrected chi connectivity index (χ1v) is 9.23. The number of esters is 1. The van der Waals surface area contributed by atoms with Gasteiger partial charge in [-0.3, -0.25) is 9.59 Å². The van der Waals surface area contributed by atoms with Crippen LogP contribution in [0.4, 0.5) is 5.69 Å². The molecule has 28 heavy (non-hydrogen) atoms. The van der Waals surface area contributed by atoms with Crippen molar-refractivity contribution < 1.29 is 19.1 Å². The van der Waals surface area contributed by atoms with Gasteiger partial charge in [0.25, 0.3) is 5.91 Å². The fourth-order valence-electron chi connectivity index (χ4n) is 2.58. The van der Waals surface area contributed by atoms with E-state index < -0.39 is 12.0 Å². The fourth-order valence-corrected chi connectivity index (χ4v) is 2.71. The molecule has 0 spiro atoms. The summed E-state index contributed by atoms with van der Waals surface area (Å²) in [7, 11) is 1.30. The average Bonchev–Trinajstić information content (AvgIpc) is 2.67. The number of hydrogen-bond acceptors (Lipinski definition) is 4. The maximum atomic E-state index is 12.7. The number of methoxy groups -OCH3 is 1. The van der Waals surface area contributed by atoms with Crippen LogP contribution in [0.1, 0.15) is 41.0 Å². The van der Waals surface area contributed by atoms with E-state index in [9.17, 15) is 14.4 Å². The van der Waals surface area contributed by atoms with E-state index in [1.54, 1.807) is 48.5 Å². The van der Waals surface area contributed by atoms with Gasteiger partial charge in [-0.2, -0.15) is 0 Å². The molecule has 0 saturated heterocycles. The van der Waals surface area contributed by atoms with Gasteiger partial charge in [0.05, 0.1) is 12.7 Å². The first-order valence-electron chi connectivity index (χ1n) is 8.86. The second kappa shape index (κ2) is 9.90. The van der Waals surface area contributed by atoms with Crippen molar-refractivity contribution >= 4 is 35.1 Å². The minimum Gasteiger partial charge on any atom is -0.465 e. The van der Waals surface area contributed by atoms with Crippen molar-refractivity contribution in [2.45, 2.75) is 26.3 Å². The van der Waals surface area contributed by atoms with Gasteiger partial charge in [0.2, 0.25) is 5.91 Å². The first-order chi connectivity index (χ1) is 13.3. The minimum atomic E-state index is -0.705. The van der Waals surface area contributed by atoms with Crippen molar-refractivity contribution in [2.75, 3.05) is 12.4 Å². The van der Waals surface area contributed by atoms with Crippen LogP contribution in [0.2, 0.25) is 5.02 Å². The Labute approximate surface area is 169 Å². The molecule has 2 aromatic carbocycles. The van der Waals surface area contributed by atoms with Gasteiger partial charge in [0.15, 0.2) is 0 Å². The highest BCUT2D eigenvalue weighted by Gasteiger charge is 2.23. The molecule has 0 aliphatic carbocycles. The van der Waals surface area contributed by atoms with E-state index in [0.29, 0.717) is 28.3 Å². The SMILES string of the molecule is COC(=O)c1ccc(NC(=O)C(CC(C)C)NC(=O)c2ccc(Cl)cc2)cc1. The number of hydrogen-bond donors (Lipinski definition) is 2. The van der Waals surface area contributed by atoms with Crippen LogP contribution < -0.4 is 10.6 Å². The van der Waals surface area contributed by atoms with Gasteiger partial charge in [-0.15, -0.1) is 0 Å². The molecule has 2 rings (SSSR count). The summed E-state index contributed by atoms with van der Waals surface area (Å²) in [5, 5.41) is 6.08. The van der Waals surface area contributed by atoms with E-state index in [4.69, 9.17) is 11.6 Å². The van der Waals surface area contributed by atoms with Crippen LogP contribution >= 0.6 is 11.6 Å². The third kappa shape index (κ3) is 6.09. The number of carbonyl (C=O) groups is 3. The van der Waals surface area contributed by atoms with Crippen molar-refractivity contribution in [1.82, 2.24) is 5.32 Å². The second-order valence-electron chi connectivity index (χ2n) is 6.72. The highest BCUT2D eigenvalue weighted by atomic mass is 35.5. The Morgan fingerprint density at radius 1 is 0.964 bits per heavy atom. The first kappa shape index (κ1) is 21.4. The molecule has 0 heterocycles. The minimum absolute atomic E-state index is 0.197. The van der Waals surface area contributed by atoms with E-state index in [-0.39, 0.29) is 17.7 Å². The standard InChI is InChI=1S/C21H23ClN2O4/c1-13(2)12-18(24-19(25)14-4-8-16(22)9-5-14)20(26)23-17-10-6-15(7-11-17)21(27)28-3/h4-11,13,18H,12H2,1-3H3,(H,23,26)(H,24,25). The lowest BCUT2D eigenvalue weighted by molar-refractivity contribution is -0.118. The summed E-state index contributed by atoms with van der Waals surface area (Å²) in [5.41, 5.74) is 1.33. The maximum Gasteiger partial charge on any atom is 0.337 e. The van der Waals surface area contributed by atoms with Gasteiger partial charge in [0.1, 0.15) is 6.04 Å². The molecule has 0 radical (unpaired) electrons. The lowest BCUT2D eigenvalue weighted by Crippen LogP contribution is -2.44. The second-order valence-corrected chi connectivity index (χ2v) is 7.16. The average molecular weight is 403 g/mol. The number of anilines is 1. The van der Waals surface area contributed by atoms with Gasteiger partial charge >= 0.3 is 5.97 Å². The Hall–Kier alpha value is -2.86. The molecule has 2 N–H and O–H groups in total. The van der Waals surface area contributed by atoms with E-state index in [0.717, 1.165) is 0 Å². The number of rotatable bonds is 7. The highest BCUT2D eigenvalue weighted by molar-refractivity contribution is 6.30. The van der Waals surface area contributed by atoms with Crippen molar-refractivity contribution in [3.63, 3.8) is 0 Å². The lowest BCUT2D eigenvalue weighted by atomic mass is 10.0. The number of ether oxygens (including phenoxy) is 1. The van der Waals surface area contributed by atoms with Gasteiger partial charge in [-0.25, -0.2) is 4.79 Å². The number of carbonyl (C=O) groups excluding carboxylic acids is 3. The van der Waals surface area contributed by atoms with E-state index >= 15 is 0 Å². The normalized spacial score (nSPS) is 11.6. The Bertz CT molecular complexity index is 832.